The smallest absolute Gasteiger partial charge is 0.545 e. The minimum atomic E-state index is -4.70. The van der Waals surface area contributed by atoms with Crippen LogP contribution in [0.5, 0.6) is 0 Å². The quantitative estimate of drug-likeness (QED) is 0.483. The Hall–Kier alpha value is -0.590. The van der Waals surface area contributed by atoms with Crippen LogP contribution in [-0.4, -0.2) is 11.0 Å². The van der Waals surface area contributed by atoms with Crippen LogP contribution in [0.15, 0.2) is 18.5 Å². The van der Waals surface area contributed by atoms with Crippen LogP contribution in [0.2, 0.25) is 0 Å². The number of halogens is 3. The molecule has 0 atom stereocenters. The minimum Gasteiger partial charge on any atom is -0.545 e. The van der Waals surface area contributed by atoms with E-state index in [0.29, 0.717) is 12.3 Å². The summed E-state index contributed by atoms with van der Waals surface area (Å²) < 4.78 is 36.3. The van der Waals surface area contributed by atoms with Crippen LogP contribution in [0.3, 0.4) is 0 Å². The zero-order chi connectivity index (χ0) is 10.1. The van der Waals surface area contributed by atoms with E-state index in [1.165, 1.54) is 0 Å². The van der Waals surface area contributed by atoms with Gasteiger partial charge in [-0.1, -0.05) is 0 Å². The molecule has 0 aliphatic heterocycles. The third-order valence-corrected chi connectivity index (χ3v) is 1.35. The molecule has 0 aliphatic carbocycles. The first-order valence-electron chi connectivity index (χ1n) is 3.15. The number of alkyl halides is 3. The summed E-state index contributed by atoms with van der Waals surface area (Å²) in [6, 6.07) is 0.588. The molecular weight excluding hydrogens is 210 g/mol. The van der Waals surface area contributed by atoms with Crippen LogP contribution >= 0.6 is 0 Å². The van der Waals surface area contributed by atoms with Crippen molar-refractivity contribution in [3.05, 3.63) is 29.6 Å². The van der Waals surface area contributed by atoms with Crippen molar-refractivity contribution >= 4 is 5.97 Å². The molecule has 0 unspecified atom stereocenters. The molecule has 1 rings (SSSR count). The van der Waals surface area contributed by atoms with Gasteiger partial charge in [0.15, 0.2) is 0 Å². The van der Waals surface area contributed by atoms with Gasteiger partial charge in [0, 0.05) is 18.0 Å². The van der Waals surface area contributed by atoms with Crippen molar-refractivity contribution in [3.8, 4) is 0 Å². The van der Waals surface area contributed by atoms with E-state index in [9.17, 15) is 23.1 Å². The Morgan fingerprint density at radius 1 is 1.43 bits per heavy atom. The first-order valence-corrected chi connectivity index (χ1v) is 3.15. The summed E-state index contributed by atoms with van der Waals surface area (Å²) in [6.45, 7) is 0. The van der Waals surface area contributed by atoms with Crippen molar-refractivity contribution in [2.24, 2.45) is 0 Å². The van der Waals surface area contributed by atoms with E-state index in [-0.39, 0.29) is 29.6 Å². The SMILES string of the molecule is O=C([O-])c1cnccc1C(F)(F)F.[Na+]. The first-order chi connectivity index (χ1) is 5.93. The van der Waals surface area contributed by atoms with Gasteiger partial charge in [0.05, 0.1) is 11.5 Å². The van der Waals surface area contributed by atoms with E-state index in [2.05, 4.69) is 4.98 Å². The number of carboxylic acid groups (broad SMARTS) is 1. The predicted octanol–water partition coefficient (Wildman–Crippen LogP) is -2.53. The molecule has 1 aromatic rings. The largest absolute Gasteiger partial charge is 1.00 e. The summed E-state index contributed by atoms with van der Waals surface area (Å²) in [6.07, 6.45) is -3.22. The van der Waals surface area contributed by atoms with Crippen LogP contribution in [-0.2, 0) is 6.18 Å². The Morgan fingerprint density at radius 3 is 2.36 bits per heavy atom. The molecule has 0 amide bonds. The van der Waals surface area contributed by atoms with E-state index >= 15 is 0 Å². The molecule has 7 heteroatoms. The molecule has 3 nitrogen and oxygen atoms in total. The maximum atomic E-state index is 12.1. The minimum absolute atomic E-state index is 0. The molecule has 0 spiro atoms. The van der Waals surface area contributed by atoms with E-state index < -0.39 is 23.3 Å². The summed E-state index contributed by atoms with van der Waals surface area (Å²) in [5, 5.41) is 10.2. The second-order valence-electron chi connectivity index (χ2n) is 2.21. The van der Waals surface area contributed by atoms with Crippen LogP contribution in [0, 0.1) is 0 Å². The summed E-state index contributed by atoms with van der Waals surface area (Å²) in [4.78, 5) is 13.5. The van der Waals surface area contributed by atoms with E-state index in [1.807, 2.05) is 0 Å². The van der Waals surface area contributed by atoms with Gasteiger partial charge in [-0.2, -0.15) is 13.2 Å². The normalized spacial score (nSPS) is 10.5. The number of pyridine rings is 1. The number of carbonyl (C=O) groups is 1. The predicted molar refractivity (Wildman–Crippen MR) is 33.6 cm³/mol. The molecule has 0 saturated carbocycles. The zero-order valence-corrected chi connectivity index (χ0v) is 9.13. The van der Waals surface area contributed by atoms with Gasteiger partial charge in [-0.25, -0.2) is 0 Å². The number of aromatic nitrogens is 1. The van der Waals surface area contributed by atoms with Crippen LogP contribution in [0.4, 0.5) is 13.2 Å². The first kappa shape index (κ1) is 13.4. The molecule has 0 fully saturated rings. The molecule has 70 valence electrons. The Morgan fingerprint density at radius 2 is 2.00 bits per heavy atom. The Kier molecular flexibility index (Phi) is 4.57. The molecule has 0 radical (unpaired) electrons. The number of aromatic carboxylic acids is 1. The standard InChI is InChI=1S/C7H4F3NO2.Na/c8-7(9,10)5-1-2-11-3-4(5)6(12)13;/h1-3H,(H,12,13);/q;+1/p-1. The van der Waals surface area contributed by atoms with Gasteiger partial charge in [-0.05, 0) is 6.07 Å². The number of hydrogen-bond acceptors (Lipinski definition) is 3. The Labute approximate surface area is 99.2 Å². The average molecular weight is 213 g/mol. The number of rotatable bonds is 1. The molecule has 0 bridgehead atoms. The maximum Gasteiger partial charge on any atom is 1.00 e. The Balaban J connectivity index is 0.00000169. The molecule has 0 N–H and O–H groups in total. The summed E-state index contributed by atoms with van der Waals surface area (Å²) in [5.74, 6) is -1.89. The maximum absolute atomic E-state index is 12.1. The third-order valence-electron chi connectivity index (χ3n) is 1.35. The third kappa shape index (κ3) is 2.97. The molecule has 0 aromatic carbocycles. The van der Waals surface area contributed by atoms with E-state index in [4.69, 9.17) is 0 Å². The molecule has 14 heavy (non-hydrogen) atoms. The van der Waals surface area contributed by atoms with Crippen molar-refractivity contribution < 1.29 is 52.6 Å². The van der Waals surface area contributed by atoms with Crippen LogP contribution in [0.25, 0.3) is 0 Å². The fraction of sp³-hybridized carbons (Fsp3) is 0.143. The van der Waals surface area contributed by atoms with Crippen molar-refractivity contribution in [2.45, 2.75) is 6.18 Å². The van der Waals surface area contributed by atoms with Crippen molar-refractivity contribution in [1.82, 2.24) is 4.98 Å². The number of hydrogen-bond donors (Lipinski definition) is 0. The van der Waals surface area contributed by atoms with E-state index in [1.54, 1.807) is 0 Å². The number of nitrogens with zero attached hydrogens (tertiary/aromatic N) is 1. The summed E-state index contributed by atoms with van der Waals surface area (Å²) >= 11 is 0. The molecule has 0 aliphatic rings. The second-order valence-corrected chi connectivity index (χ2v) is 2.21. The fourth-order valence-corrected chi connectivity index (χ4v) is 0.804. The summed E-state index contributed by atoms with van der Waals surface area (Å²) in [7, 11) is 0. The topological polar surface area (TPSA) is 53.0 Å². The van der Waals surface area contributed by atoms with Gasteiger partial charge in [-0.15, -0.1) is 0 Å². The van der Waals surface area contributed by atoms with Crippen molar-refractivity contribution in [3.63, 3.8) is 0 Å². The van der Waals surface area contributed by atoms with Gasteiger partial charge < -0.3 is 9.90 Å². The number of carbonyl (C=O) groups excluding carboxylic acids is 1. The van der Waals surface area contributed by atoms with Crippen molar-refractivity contribution in [1.29, 1.82) is 0 Å². The van der Waals surface area contributed by atoms with E-state index in [0.717, 1.165) is 6.20 Å². The molecule has 1 aromatic heterocycles. The van der Waals surface area contributed by atoms with Crippen LogP contribution < -0.4 is 34.7 Å². The summed E-state index contributed by atoms with van der Waals surface area (Å²) in [5.41, 5.74) is -2.20. The van der Waals surface area contributed by atoms with Gasteiger partial charge in [0.1, 0.15) is 0 Å². The molecular formula is C7H3F3NNaO2. The van der Waals surface area contributed by atoms with Gasteiger partial charge in [0.25, 0.3) is 0 Å². The fourth-order valence-electron chi connectivity index (χ4n) is 0.804. The monoisotopic (exact) mass is 213 g/mol. The zero-order valence-electron chi connectivity index (χ0n) is 7.13. The van der Waals surface area contributed by atoms with Gasteiger partial charge >= 0.3 is 35.7 Å². The molecule has 0 saturated heterocycles. The number of carboxylic acids is 1. The Bertz CT molecular complexity index is 340. The van der Waals surface area contributed by atoms with Gasteiger partial charge in [-0.3, -0.25) is 4.98 Å². The van der Waals surface area contributed by atoms with Crippen molar-refractivity contribution in [2.75, 3.05) is 0 Å². The second kappa shape index (κ2) is 4.77. The van der Waals surface area contributed by atoms with Crippen LogP contribution in [0.1, 0.15) is 15.9 Å². The van der Waals surface area contributed by atoms with Gasteiger partial charge in [0.2, 0.25) is 0 Å². The average Bonchev–Trinajstić information content (AvgIpc) is 2.03. The molecule has 1 heterocycles.